The smallest absolute Gasteiger partial charge is 0.343 e. The van der Waals surface area contributed by atoms with Crippen molar-refractivity contribution in [1.82, 2.24) is 9.38 Å². The summed E-state index contributed by atoms with van der Waals surface area (Å²) in [6.07, 6.45) is 4.57. The van der Waals surface area contributed by atoms with Crippen LogP contribution in [0, 0.1) is 12.7 Å². The molecular weight excluding hydrogens is 349 g/mol. The van der Waals surface area contributed by atoms with Gasteiger partial charge in [-0.25, -0.2) is 14.2 Å². The van der Waals surface area contributed by atoms with Crippen LogP contribution in [0.15, 0.2) is 35.4 Å². The van der Waals surface area contributed by atoms with Gasteiger partial charge in [0.2, 0.25) is 0 Å². The standard InChI is InChI=1S/C20H18FN3O3/c1-10-17(12-5-6-16(22)23-8-12)15(21)9-24-18(10)13(11-3-4-11)7-14(19(24)25)20(26)27-2/h5-9,11H,3-4H2,1-2H3,(H2,22,23). The molecule has 3 aromatic rings. The van der Waals surface area contributed by atoms with Crippen LogP contribution in [0.5, 0.6) is 0 Å². The van der Waals surface area contributed by atoms with Crippen molar-refractivity contribution in [3.63, 3.8) is 0 Å². The number of carbonyl (C=O) groups is 1. The Hall–Kier alpha value is -3.22. The van der Waals surface area contributed by atoms with Gasteiger partial charge >= 0.3 is 5.97 Å². The molecule has 3 aromatic heterocycles. The first kappa shape index (κ1) is 17.2. The predicted octanol–water partition coefficient (Wildman–Crippen LogP) is 3.06. The minimum absolute atomic E-state index is 0.0856. The van der Waals surface area contributed by atoms with Gasteiger partial charge in [-0.15, -0.1) is 0 Å². The van der Waals surface area contributed by atoms with E-state index < -0.39 is 17.3 Å². The van der Waals surface area contributed by atoms with Crippen LogP contribution in [0.2, 0.25) is 0 Å². The van der Waals surface area contributed by atoms with E-state index in [2.05, 4.69) is 4.98 Å². The van der Waals surface area contributed by atoms with Gasteiger partial charge < -0.3 is 10.5 Å². The maximum atomic E-state index is 15.0. The Labute approximate surface area is 154 Å². The molecule has 1 aliphatic carbocycles. The van der Waals surface area contributed by atoms with Crippen LogP contribution in [-0.4, -0.2) is 22.5 Å². The predicted molar refractivity (Wildman–Crippen MR) is 99.3 cm³/mol. The summed E-state index contributed by atoms with van der Waals surface area (Å²) in [5, 5.41) is 0. The number of methoxy groups -OCH3 is 1. The highest BCUT2D eigenvalue weighted by Crippen LogP contribution is 2.43. The highest BCUT2D eigenvalue weighted by molar-refractivity contribution is 5.90. The van der Waals surface area contributed by atoms with E-state index in [-0.39, 0.29) is 11.5 Å². The number of aryl methyl sites for hydroxylation is 1. The lowest BCUT2D eigenvalue weighted by Gasteiger charge is -2.16. The molecule has 138 valence electrons. The number of nitrogens with two attached hydrogens (primary N) is 1. The van der Waals surface area contributed by atoms with Crippen molar-refractivity contribution in [1.29, 1.82) is 0 Å². The summed E-state index contributed by atoms with van der Waals surface area (Å²) in [6, 6.07) is 4.89. The van der Waals surface area contributed by atoms with Gasteiger partial charge in [-0.2, -0.15) is 0 Å². The molecule has 3 heterocycles. The number of aromatic nitrogens is 2. The molecule has 1 saturated carbocycles. The average molecular weight is 367 g/mol. The van der Waals surface area contributed by atoms with Gasteiger partial charge in [-0.05, 0) is 55.0 Å². The molecule has 1 aliphatic rings. The van der Waals surface area contributed by atoms with Crippen molar-refractivity contribution in [3.8, 4) is 11.1 Å². The quantitative estimate of drug-likeness (QED) is 0.719. The van der Waals surface area contributed by atoms with Crippen molar-refractivity contribution in [2.75, 3.05) is 12.8 Å². The van der Waals surface area contributed by atoms with Gasteiger partial charge in [0.05, 0.1) is 12.6 Å². The zero-order chi connectivity index (χ0) is 19.3. The molecule has 1 fully saturated rings. The number of halogens is 1. The molecule has 0 aliphatic heterocycles. The van der Waals surface area contributed by atoms with E-state index in [4.69, 9.17) is 10.5 Å². The first-order chi connectivity index (χ1) is 12.9. The number of anilines is 1. The maximum absolute atomic E-state index is 15.0. The van der Waals surface area contributed by atoms with Gasteiger partial charge in [0.1, 0.15) is 17.2 Å². The second-order valence-corrected chi connectivity index (χ2v) is 6.75. The summed E-state index contributed by atoms with van der Waals surface area (Å²) >= 11 is 0. The van der Waals surface area contributed by atoms with Crippen molar-refractivity contribution in [2.45, 2.75) is 25.7 Å². The van der Waals surface area contributed by atoms with Gasteiger partial charge in [0.15, 0.2) is 0 Å². The molecule has 0 radical (unpaired) electrons. The van der Waals surface area contributed by atoms with E-state index in [1.54, 1.807) is 25.1 Å². The number of ether oxygens (including phenoxy) is 1. The molecule has 0 unspecified atom stereocenters. The van der Waals surface area contributed by atoms with Gasteiger partial charge in [-0.1, -0.05) is 0 Å². The zero-order valence-corrected chi connectivity index (χ0v) is 15.0. The van der Waals surface area contributed by atoms with Crippen LogP contribution in [-0.2, 0) is 4.74 Å². The van der Waals surface area contributed by atoms with Gasteiger partial charge in [-0.3, -0.25) is 9.20 Å². The number of nitrogen functional groups attached to an aromatic ring is 1. The first-order valence-corrected chi connectivity index (χ1v) is 8.61. The fraction of sp³-hybridized carbons (Fsp3) is 0.250. The second-order valence-electron chi connectivity index (χ2n) is 6.75. The van der Waals surface area contributed by atoms with Crippen molar-refractivity contribution < 1.29 is 13.9 Å². The Morgan fingerprint density at radius 1 is 1.37 bits per heavy atom. The third-order valence-electron chi connectivity index (χ3n) is 4.97. The van der Waals surface area contributed by atoms with Crippen molar-refractivity contribution in [2.24, 2.45) is 0 Å². The monoisotopic (exact) mass is 367 g/mol. The van der Waals surface area contributed by atoms with Crippen molar-refractivity contribution in [3.05, 3.63) is 63.5 Å². The summed E-state index contributed by atoms with van der Waals surface area (Å²) in [4.78, 5) is 28.8. The van der Waals surface area contributed by atoms with E-state index in [0.717, 1.165) is 24.6 Å². The van der Waals surface area contributed by atoms with Crippen LogP contribution in [0.1, 0.15) is 40.2 Å². The number of esters is 1. The third kappa shape index (κ3) is 2.75. The maximum Gasteiger partial charge on any atom is 0.343 e. The normalized spacial score (nSPS) is 13.7. The summed E-state index contributed by atoms with van der Waals surface area (Å²) in [7, 11) is 1.22. The van der Waals surface area contributed by atoms with Crippen LogP contribution >= 0.6 is 0 Å². The topological polar surface area (TPSA) is 86.7 Å². The van der Waals surface area contributed by atoms with Crippen molar-refractivity contribution >= 4 is 17.3 Å². The molecule has 0 saturated heterocycles. The van der Waals surface area contributed by atoms with Crippen LogP contribution in [0.25, 0.3) is 16.6 Å². The zero-order valence-electron chi connectivity index (χ0n) is 15.0. The Bertz CT molecular complexity index is 1130. The fourth-order valence-corrected chi connectivity index (χ4v) is 3.52. The van der Waals surface area contributed by atoms with Gasteiger partial charge in [0.25, 0.3) is 5.56 Å². The van der Waals surface area contributed by atoms with Gasteiger partial charge in [0, 0.05) is 23.5 Å². The molecule has 0 amide bonds. The number of fused-ring (bicyclic) bond motifs is 1. The number of pyridine rings is 3. The summed E-state index contributed by atoms with van der Waals surface area (Å²) < 4.78 is 20.9. The van der Waals surface area contributed by atoms with E-state index in [0.29, 0.717) is 28.0 Å². The Morgan fingerprint density at radius 3 is 2.70 bits per heavy atom. The lowest BCUT2D eigenvalue weighted by Crippen LogP contribution is -2.25. The van der Waals surface area contributed by atoms with E-state index in [1.165, 1.54) is 17.7 Å². The number of hydrogen-bond donors (Lipinski definition) is 1. The molecule has 0 aromatic carbocycles. The number of nitrogens with zero attached hydrogens (tertiary/aromatic N) is 2. The molecule has 27 heavy (non-hydrogen) atoms. The molecular formula is C20H18FN3O3. The van der Waals surface area contributed by atoms with E-state index >= 15 is 0 Å². The van der Waals surface area contributed by atoms with Crippen LogP contribution < -0.4 is 11.3 Å². The second kappa shape index (κ2) is 6.19. The minimum Gasteiger partial charge on any atom is -0.465 e. The molecule has 0 atom stereocenters. The molecule has 6 nitrogen and oxygen atoms in total. The highest BCUT2D eigenvalue weighted by Gasteiger charge is 2.30. The number of carbonyl (C=O) groups excluding carboxylic acids is 1. The fourth-order valence-electron chi connectivity index (χ4n) is 3.52. The Balaban J connectivity index is 2.08. The molecule has 0 bridgehead atoms. The highest BCUT2D eigenvalue weighted by atomic mass is 19.1. The van der Waals surface area contributed by atoms with Crippen LogP contribution in [0.3, 0.4) is 0 Å². The largest absolute Gasteiger partial charge is 0.465 e. The summed E-state index contributed by atoms with van der Waals surface area (Å²) in [5.74, 6) is -0.709. The van der Waals surface area contributed by atoms with Crippen LogP contribution in [0.4, 0.5) is 10.2 Å². The number of rotatable bonds is 3. The SMILES string of the molecule is COC(=O)c1cc(C2CC2)c2c(C)c(-c3ccc(N)nc3)c(F)cn2c1=O. The first-order valence-electron chi connectivity index (χ1n) is 8.61. The summed E-state index contributed by atoms with van der Waals surface area (Å²) in [5.41, 5.74) is 8.01. The average Bonchev–Trinajstić information content (AvgIpc) is 3.48. The molecule has 7 heteroatoms. The molecule has 2 N–H and O–H groups in total. The lowest BCUT2D eigenvalue weighted by molar-refractivity contribution is 0.0598. The van der Waals surface area contributed by atoms with E-state index in [9.17, 15) is 14.0 Å². The Kier molecular flexibility index (Phi) is 3.95. The third-order valence-corrected chi connectivity index (χ3v) is 4.97. The minimum atomic E-state index is -0.721. The lowest BCUT2D eigenvalue weighted by atomic mass is 9.97. The Morgan fingerprint density at radius 2 is 2.11 bits per heavy atom. The number of hydrogen-bond acceptors (Lipinski definition) is 5. The molecule has 0 spiro atoms. The summed E-state index contributed by atoms with van der Waals surface area (Å²) in [6.45, 7) is 1.77. The van der Waals surface area contributed by atoms with E-state index in [1.807, 2.05) is 0 Å². The molecule has 4 rings (SSSR count).